The molecule has 0 saturated heterocycles. The number of hydrogen-bond donors (Lipinski definition) is 1. The van der Waals surface area contributed by atoms with Crippen molar-refractivity contribution in [1.29, 1.82) is 5.26 Å². The van der Waals surface area contributed by atoms with E-state index in [1.807, 2.05) is 24.3 Å². The van der Waals surface area contributed by atoms with Crippen LogP contribution in [0.5, 0.6) is 0 Å². The molecule has 1 aromatic carbocycles. The van der Waals surface area contributed by atoms with Crippen LogP contribution in [0.2, 0.25) is 5.15 Å². The van der Waals surface area contributed by atoms with Gasteiger partial charge in [0.2, 0.25) is 0 Å². The van der Waals surface area contributed by atoms with Crippen molar-refractivity contribution < 1.29 is 4.79 Å². The van der Waals surface area contributed by atoms with Crippen molar-refractivity contribution in [3.05, 3.63) is 51.8 Å². The fraction of sp³-hybridized carbons (Fsp3) is 0.312. The highest BCUT2D eigenvalue weighted by atomic mass is 35.5. The molecule has 0 saturated carbocycles. The maximum atomic E-state index is 12.1. The van der Waals surface area contributed by atoms with Crippen LogP contribution < -0.4 is 5.32 Å². The average molecular weight is 349 g/mol. The van der Waals surface area contributed by atoms with Crippen molar-refractivity contribution >= 4 is 29.3 Å². The van der Waals surface area contributed by atoms with E-state index in [2.05, 4.69) is 16.5 Å². The molecule has 0 radical (unpaired) electrons. The van der Waals surface area contributed by atoms with Gasteiger partial charge in [-0.3, -0.25) is 9.48 Å². The standard InChI is InChI=1S/C16H17ClN4OS/c1-11-14(15(17)21(2)20-11)16(22)19-7-8-23-10-13-6-4-3-5-12(13)9-18/h3-6H,7-8,10H2,1-2H3,(H,19,22). The monoisotopic (exact) mass is 348 g/mol. The van der Waals surface area contributed by atoms with Crippen LogP contribution in [0.15, 0.2) is 24.3 Å². The number of hydrogen-bond acceptors (Lipinski definition) is 4. The molecule has 5 nitrogen and oxygen atoms in total. The largest absolute Gasteiger partial charge is 0.351 e. The van der Waals surface area contributed by atoms with Gasteiger partial charge in [0.25, 0.3) is 5.91 Å². The highest BCUT2D eigenvalue weighted by molar-refractivity contribution is 7.98. The number of nitriles is 1. The quantitative estimate of drug-likeness (QED) is 0.815. The lowest BCUT2D eigenvalue weighted by molar-refractivity contribution is 0.0955. The molecule has 0 aliphatic rings. The van der Waals surface area contributed by atoms with Crippen molar-refractivity contribution in [2.75, 3.05) is 12.3 Å². The van der Waals surface area contributed by atoms with E-state index < -0.39 is 0 Å². The lowest BCUT2D eigenvalue weighted by atomic mass is 10.1. The Morgan fingerprint density at radius 3 is 2.87 bits per heavy atom. The van der Waals surface area contributed by atoms with Gasteiger partial charge < -0.3 is 5.32 Å². The Balaban J connectivity index is 1.80. The van der Waals surface area contributed by atoms with E-state index in [1.54, 1.807) is 25.7 Å². The first-order valence-electron chi connectivity index (χ1n) is 7.07. The van der Waals surface area contributed by atoms with Crippen molar-refractivity contribution in [2.45, 2.75) is 12.7 Å². The van der Waals surface area contributed by atoms with Crippen LogP contribution in [-0.2, 0) is 12.8 Å². The van der Waals surface area contributed by atoms with Gasteiger partial charge in [0.05, 0.1) is 22.9 Å². The molecule has 23 heavy (non-hydrogen) atoms. The van der Waals surface area contributed by atoms with Gasteiger partial charge in [-0.2, -0.15) is 22.1 Å². The fourth-order valence-electron chi connectivity index (χ4n) is 2.15. The summed E-state index contributed by atoms with van der Waals surface area (Å²) in [5.41, 5.74) is 2.75. The molecule has 1 heterocycles. The Labute approximate surface area is 144 Å². The topological polar surface area (TPSA) is 70.7 Å². The summed E-state index contributed by atoms with van der Waals surface area (Å²) in [6.07, 6.45) is 0. The number of rotatable bonds is 6. The van der Waals surface area contributed by atoms with E-state index in [0.717, 1.165) is 17.1 Å². The predicted molar refractivity (Wildman–Crippen MR) is 92.6 cm³/mol. The second-order valence-electron chi connectivity index (χ2n) is 4.95. The molecule has 0 aliphatic carbocycles. The molecule has 1 N–H and O–H groups in total. The molecule has 0 spiro atoms. The predicted octanol–water partition coefficient (Wildman–Crippen LogP) is 2.92. The minimum Gasteiger partial charge on any atom is -0.351 e. The zero-order valence-electron chi connectivity index (χ0n) is 13.0. The smallest absolute Gasteiger partial charge is 0.256 e. The van der Waals surface area contributed by atoms with Crippen LogP contribution in [0.25, 0.3) is 0 Å². The Morgan fingerprint density at radius 1 is 1.48 bits per heavy atom. The summed E-state index contributed by atoms with van der Waals surface area (Å²) < 4.78 is 1.49. The number of halogens is 1. The Morgan fingerprint density at radius 2 is 2.22 bits per heavy atom. The summed E-state index contributed by atoms with van der Waals surface area (Å²) >= 11 is 7.73. The Bertz CT molecular complexity index is 751. The van der Waals surface area contributed by atoms with Crippen LogP contribution in [0.4, 0.5) is 0 Å². The Hall–Kier alpha value is -1.97. The first-order chi connectivity index (χ1) is 11.0. The highest BCUT2D eigenvalue weighted by Gasteiger charge is 2.18. The number of nitrogens with one attached hydrogen (secondary N) is 1. The van der Waals surface area contributed by atoms with E-state index >= 15 is 0 Å². The maximum Gasteiger partial charge on any atom is 0.256 e. The van der Waals surface area contributed by atoms with E-state index in [-0.39, 0.29) is 5.91 Å². The molecular weight excluding hydrogens is 332 g/mol. The molecule has 7 heteroatoms. The number of nitrogens with zero attached hydrogens (tertiary/aromatic N) is 3. The first-order valence-corrected chi connectivity index (χ1v) is 8.61. The first kappa shape index (κ1) is 17.4. The second kappa shape index (κ2) is 8.04. The minimum atomic E-state index is -0.210. The summed E-state index contributed by atoms with van der Waals surface area (Å²) in [4.78, 5) is 12.1. The molecule has 1 amide bonds. The molecule has 0 bridgehead atoms. The third-order valence-corrected chi connectivity index (χ3v) is 4.75. The van der Waals surface area contributed by atoms with Gasteiger partial charge in [0, 0.05) is 25.1 Å². The maximum absolute atomic E-state index is 12.1. The molecule has 0 fully saturated rings. The molecule has 120 valence electrons. The lowest BCUT2D eigenvalue weighted by Gasteiger charge is -2.06. The molecule has 0 atom stereocenters. The van der Waals surface area contributed by atoms with Gasteiger partial charge in [-0.25, -0.2) is 0 Å². The minimum absolute atomic E-state index is 0.210. The van der Waals surface area contributed by atoms with Gasteiger partial charge in [0.1, 0.15) is 5.15 Å². The molecule has 0 unspecified atom stereocenters. The van der Waals surface area contributed by atoms with E-state index in [1.165, 1.54) is 4.68 Å². The second-order valence-corrected chi connectivity index (χ2v) is 6.42. The van der Waals surface area contributed by atoms with E-state index in [0.29, 0.717) is 28.5 Å². The summed E-state index contributed by atoms with van der Waals surface area (Å²) in [7, 11) is 1.70. The zero-order chi connectivity index (χ0) is 16.8. The number of benzene rings is 1. The third-order valence-electron chi connectivity index (χ3n) is 3.31. The van der Waals surface area contributed by atoms with Crippen LogP contribution in [-0.4, -0.2) is 28.0 Å². The van der Waals surface area contributed by atoms with Crippen LogP contribution >= 0.6 is 23.4 Å². The zero-order valence-corrected chi connectivity index (χ0v) is 14.5. The van der Waals surface area contributed by atoms with Crippen molar-refractivity contribution in [2.24, 2.45) is 7.05 Å². The number of carbonyl (C=O) groups excluding carboxylic acids is 1. The Kier molecular flexibility index (Phi) is 6.08. The molecule has 0 aliphatic heterocycles. The number of aromatic nitrogens is 2. The summed E-state index contributed by atoms with van der Waals surface area (Å²) in [6, 6.07) is 9.72. The molecule has 1 aromatic heterocycles. The fourth-order valence-corrected chi connectivity index (χ4v) is 3.27. The van der Waals surface area contributed by atoms with Crippen LogP contribution in [0.3, 0.4) is 0 Å². The van der Waals surface area contributed by atoms with Crippen LogP contribution in [0.1, 0.15) is 27.2 Å². The molecule has 2 aromatic rings. The van der Waals surface area contributed by atoms with Gasteiger partial charge in [-0.05, 0) is 18.6 Å². The molecular formula is C16H17ClN4OS. The average Bonchev–Trinajstić information content (AvgIpc) is 2.80. The number of aryl methyl sites for hydroxylation is 2. The van der Waals surface area contributed by atoms with Gasteiger partial charge in [0.15, 0.2) is 0 Å². The van der Waals surface area contributed by atoms with Gasteiger partial charge in [-0.1, -0.05) is 29.8 Å². The highest BCUT2D eigenvalue weighted by Crippen LogP contribution is 2.18. The van der Waals surface area contributed by atoms with Gasteiger partial charge >= 0.3 is 0 Å². The van der Waals surface area contributed by atoms with Gasteiger partial charge in [-0.15, -0.1) is 0 Å². The lowest BCUT2D eigenvalue weighted by Crippen LogP contribution is -2.26. The summed E-state index contributed by atoms with van der Waals surface area (Å²) in [5.74, 6) is 1.29. The van der Waals surface area contributed by atoms with Crippen molar-refractivity contribution in [3.8, 4) is 6.07 Å². The number of amides is 1. The number of carbonyl (C=O) groups is 1. The summed E-state index contributed by atoms with van der Waals surface area (Å²) in [6.45, 7) is 2.29. The normalized spacial score (nSPS) is 10.3. The van der Waals surface area contributed by atoms with E-state index in [9.17, 15) is 4.79 Å². The van der Waals surface area contributed by atoms with Crippen molar-refractivity contribution in [1.82, 2.24) is 15.1 Å². The van der Waals surface area contributed by atoms with E-state index in [4.69, 9.17) is 16.9 Å². The van der Waals surface area contributed by atoms with Crippen LogP contribution in [0, 0.1) is 18.3 Å². The SMILES string of the molecule is Cc1nn(C)c(Cl)c1C(=O)NCCSCc1ccccc1C#N. The third kappa shape index (κ3) is 4.27. The number of thioether (sulfide) groups is 1. The van der Waals surface area contributed by atoms with Crippen molar-refractivity contribution in [3.63, 3.8) is 0 Å². The summed E-state index contributed by atoms with van der Waals surface area (Å²) in [5, 5.41) is 16.3. The molecule has 2 rings (SSSR count).